The maximum atomic E-state index is 13.4. The summed E-state index contributed by atoms with van der Waals surface area (Å²) in [5.74, 6) is -2.39. The topological polar surface area (TPSA) is 104 Å². The van der Waals surface area contributed by atoms with E-state index < -0.39 is 17.8 Å². The number of hydrogen-bond donors (Lipinski definition) is 0. The van der Waals surface area contributed by atoms with E-state index in [2.05, 4.69) is 0 Å². The van der Waals surface area contributed by atoms with Gasteiger partial charge in [-0.2, -0.15) is 0 Å². The van der Waals surface area contributed by atoms with E-state index in [4.69, 9.17) is 9.47 Å². The second-order valence-electron chi connectivity index (χ2n) is 11.5. The number of hydrogen-bond acceptors (Lipinski definition) is 7. The molecule has 0 fully saturated rings. The van der Waals surface area contributed by atoms with Gasteiger partial charge in [-0.15, -0.1) is 0 Å². The molecule has 42 heavy (non-hydrogen) atoms. The third-order valence-electron chi connectivity index (χ3n) is 7.51. The lowest BCUT2D eigenvalue weighted by molar-refractivity contribution is -0.146. The van der Waals surface area contributed by atoms with Gasteiger partial charge in [-0.1, -0.05) is 81.4 Å². The van der Waals surface area contributed by atoms with Crippen LogP contribution in [0, 0.1) is 23.7 Å². The van der Waals surface area contributed by atoms with Crippen molar-refractivity contribution >= 4 is 29.3 Å². The van der Waals surface area contributed by atoms with E-state index in [1.54, 1.807) is 0 Å². The molecule has 228 valence electrons. The average Bonchev–Trinajstić information content (AvgIpc) is 2.97. The summed E-state index contributed by atoms with van der Waals surface area (Å²) in [5, 5.41) is 0. The first kappa shape index (κ1) is 34.6. The molecule has 7 nitrogen and oxygen atoms in total. The predicted octanol–water partition coefficient (Wildman–Crippen LogP) is 6.85. The molecule has 0 saturated heterocycles. The van der Waals surface area contributed by atoms with Crippen LogP contribution in [0.15, 0.2) is 60.7 Å². The minimum absolute atomic E-state index is 0.00539. The lowest BCUT2D eigenvalue weighted by Gasteiger charge is -2.22. The van der Waals surface area contributed by atoms with Crippen molar-refractivity contribution in [3.05, 3.63) is 71.8 Å². The van der Waals surface area contributed by atoms with Crippen molar-refractivity contribution in [3.8, 4) is 0 Å². The van der Waals surface area contributed by atoms with Crippen molar-refractivity contribution in [2.24, 2.45) is 23.7 Å². The largest absolute Gasteiger partial charge is 0.461 e. The molecule has 0 aliphatic rings. The third kappa shape index (κ3) is 13.4. The number of Topliss-reactive ketones (excluding diaryl/α,β-unsaturated/α-hetero) is 3. The van der Waals surface area contributed by atoms with Crippen LogP contribution in [-0.4, -0.2) is 29.3 Å². The molecule has 7 heteroatoms. The Labute approximate surface area is 250 Å². The second kappa shape index (κ2) is 18.7. The Hall–Kier alpha value is -3.61. The number of ketones is 3. The number of esters is 2. The standard InChI is InChI=1S/C35H46O7/c1-5-29(16-18-34(39)41-23-27-12-8-6-9-13-27)32(37)22-31(20-25(2)3)33(38)21-30(26(4)36)17-19-35(40)42-24-28-14-10-7-11-15-28/h6-15,25,29-31H,5,16-24H2,1-4H3. The molecule has 3 unspecified atom stereocenters. The summed E-state index contributed by atoms with van der Waals surface area (Å²) < 4.78 is 10.7. The fourth-order valence-corrected chi connectivity index (χ4v) is 4.96. The van der Waals surface area contributed by atoms with E-state index in [0.717, 1.165) is 11.1 Å². The first-order valence-electron chi connectivity index (χ1n) is 15.0. The minimum Gasteiger partial charge on any atom is -0.461 e. The van der Waals surface area contributed by atoms with Gasteiger partial charge in [0.05, 0.1) is 0 Å². The molecule has 0 spiro atoms. The number of carbonyl (C=O) groups is 5. The van der Waals surface area contributed by atoms with Crippen LogP contribution in [-0.2, 0) is 46.7 Å². The van der Waals surface area contributed by atoms with Crippen molar-refractivity contribution < 1.29 is 33.4 Å². The monoisotopic (exact) mass is 578 g/mol. The van der Waals surface area contributed by atoms with Gasteiger partial charge in [0, 0.05) is 43.4 Å². The van der Waals surface area contributed by atoms with E-state index in [1.807, 2.05) is 81.4 Å². The van der Waals surface area contributed by atoms with E-state index in [-0.39, 0.29) is 80.5 Å². The molecule has 2 aromatic carbocycles. The van der Waals surface area contributed by atoms with Crippen LogP contribution >= 0.6 is 0 Å². The third-order valence-corrected chi connectivity index (χ3v) is 7.51. The summed E-state index contributed by atoms with van der Waals surface area (Å²) in [7, 11) is 0. The lowest BCUT2D eigenvalue weighted by Crippen LogP contribution is -2.27. The van der Waals surface area contributed by atoms with Crippen molar-refractivity contribution in [2.45, 2.75) is 92.3 Å². The van der Waals surface area contributed by atoms with Gasteiger partial charge >= 0.3 is 11.9 Å². The van der Waals surface area contributed by atoms with Crippen molar-refractivity contribution in [1.82, 2.24) is 0 Å². The van der Waals surface area contributed by atoms with Crippen LogP contribution in [0.5, 0.6) is 0 Å². The van der Waals surface area contributed by atoms with Gasteiger partial charge in [-0.05, 0) is 49.7 Å². The summed E-state index contributed by atoms with van der Waals surface area (Å²) in [6, 6.07) is 18.7. The summed E-state index contributed by atoms with van der Waals surface area (Å²) in [5.41, 5.74) is 1.77. The molecule has 0 aliphatic carbocycles. The fraction of sp³-hybridized carbons (Fsp3) is 0.514. The number of ether oxygens (including phenoxy) is 2. The van der Waals surface area contributed by atoms with Gasteiger partial charge in [0.15, 0.2) is 0 Å². The molecule has 0 bridgehead atoms. The molecule has 2 aromatic rings. The molecule has 3 atom stereocenters. The predicted molar refractivity (Wildman–Crippen MR) is 161 cm³/mol. The Morgan fingerprint density at radius 1 is 0.643 bits per heavy atom. The first-order chi connectivity index (χ1) is 20.1. The molecular formula is C35H46O7. The first-order valence-corrected chi connectivity index (χ1v) is 15.0. The molecule has 0 N–H and O–H groups in total. The Balaban J connectivity index is 1.89. The highest BCUT2D eigenvalue weighted by Gasteiger charge is 2.30. The van der Waals surface area contributed by atoms with Crippen LogP contribution in [0.2, 0.25) is 0 Å². The van der Waals surface area contributed by atoms with Crippen LogP contribution < -0.4 is 0 Å². The lowest BCUT2D eigenvalue weighted by atomic mass is 9.80. The Kier molecular flexibility index (Phi) is 15.4. The summed E-state index contributed by atoms with van der Waals surface area (Å²) in [6.45, 7) is 7.67. The van der Waals surface area contributed by atoms with Gasteiger partial charge in [-0.25, -0.2) is 0 Å². The van der Waals surface area contributed by atoms with Crippen LogP contribution in [0.25, 0.3) is 0 Å². The zero-order chi connectivity index (χ0) is 30.9. The highest BCUT2D eigenvalue weighted by molar-refractivity contribution is 5.92. The van der Waals surface area contributed by atoms with Gasteiger partial charge < -0.3 is 9.47 Å². The van der Waals surface area contributed by atoms with E-state index in [0.29, 0.717) is 19.3 Å². The van der Waals surface area contributed by atoms with Crippen molar-refractivity contribution in [2.75, 3.05) is 0 Å². The highest BCUT2D eigenvalue weighted by Crippen LogP contribution is 2.26. The van der Waals surface area contributed by atoms with Crippen LogP contribution in [0.3, 0.4) is 0 Å². The summed E-state index contributed by atoms with van der Waals surface area (Å²) >= 11 is 0. The molecule has 0 amide bonds. The smallest absolute Gasteiger partial charge is 0.306 e. The second-order valence-corrected chi connectivity index (χ2v) is 11.5. The molecule has 0 aromatic heterocycles. The molecule has 0 saturated carbocycles. The Bertz CT molecular complexity index is 1140. The van der Waals surface area contributed by atoms with E-state index in [1.165, 1.54) is 6.92 Å². The quantitative estimate of drug-likeness (QED) is 0.158. The van der Waals surface area contributed by atoms with E-state index in [9.17, 15) is 24.0 Å². The SMILES string of the molecule is CCC(CCC(=O)OCc1ccccc1)C(=O)CC(CC(C)C)C(=O)CC(CCC(=O)OCc1ccccc1)C(C)=O. The van der Waals surface area contributed by atoms with Gasteiger partial charge in [0.2, 0.25) is 0 Å². The van der Waals surface area contributed by atoms with Crippen molar-refractivity contribution in [3.63, 3.8) is 0 Å². The number of carbonyl (C=O) groups excluding carboxylic acids is 5. The molecule has 0 aliphatic heterocycles. The van der Waals surface area contributed by atoms with Crippen LogP contribution in [0.1, 0.15) is 90.2 Å². The molecule has 2 rings (SSSR count). The fourth-order valence-electron chi connectivity index (χ4n) is 4.96. The normalized spacial score (nSPS) is 13.2. The number of rotatable bonds is 20. The Morgan fingerprint density at radius 2 is 1.07 bits per heavy atom. The van der Waals surface area contributed by atoms with Gasteiger partial charge in [-0.3, -0.25) is 24.0 Å². The zero-order valence-corrected chi connectivity index (χ0v) is 25.5. The summed E-state index contributed by atoms with van der Waals surface area (Å²) in [6.07, 6.45) is 1.93. The molecule has 0 heterocycles. The highest BCUT2D eigenvalue weighted by atomic mass is 16.5. The average molecular weight is 579 g/mol. The Morgan fingerprint density at radius 3 is 1.50 bits per heavy atom. The molecule has 0 radical (unpaired) electrons. The maximum absolute atomic E-state index is 13.4. The maximum Gasteiger partial charge on any atom is 0.306 e. The zero-order valence-electron chi connectivity index (χ0n) is 25.5. The van der Waals surface area contributed by atoms with Gasteiger partial charge in [0.25, 0.3) is 0 Å². The molecular weight excluding hydrogens is 532 g/mol. The summed E-state index contributed by atoms with van der Waals surface area (Å²) in [4.78, 5) is 63.6. The van der Waals surface area contributed by atoms with Crippen molar-refractivity contribution in [1.29, 1.82) is 0 Å². The minimum atomic E-state index is -0.604. The van der Waals surface area contributed by atoms with Crippen LogP contribution in [0.4, 0.5) is 0 Å². The number of benzene rings is 2. The van der Waals surface area contributed by atoms with E-state index >= 15 is 0 Å². The van der Waals surface area contributed by atoms with Gasteiger partial charge in [0.1, 0.15) is 30.6 Å².